The fourth-order valence-corrected chi connectivity index (χ4v) is 5.14. The second-order valence-electron chi connectivity index (χ2n) is 8.21. The van der Waals surface area contributed by atoms with Crippen molar-refractivity contribution in [1.29, 1.82) is 0 Å². The Morgan fingerprint density at radius 2 is 1.50 bits per heavy atom. The van der Waals surface area contributed by atoms with Crippen molar-refractivity contribution in [3.63, 3.8) is 0 Å². The Bertz CT molecular complexity index is 279. The van der Waals surface area contributed by atoms with E-state index in [1.807, 2.05) is 0 Å². The van der Waals surface area contributed by atoms with Gasteiger partial charge < -0.3 is 10.4 Å². The predicted molar refractivity (Wildman–Crippen MR) is 74.3 cm³/mol. The van der Waals surface area contributed by atoms with Gasteiger partial charge in [-0.3, -0.25) is 0 Å². The van der Waals surface area contributed by atoms with E-state index in [9.17, 15) is 5.11 Å². The summed E-state index contributed by atoms with van der Waals surface area (Å²) in [6, 6.07) is 0. The molecule has 0 aromatic rings. The van der Waals surface area contributed by atoms with Crippen LogP contribution in [0.5, 0.6) is 0 Å². The van der Waals surface area contributed by atoms with Crippen LogP contribution in [0.25, 0.3) is 0 Å². The molecule has 0 heterocycles. The second-order valence-corrected chi connectivity index (χ2v) is 8.21. The molecule has 0 radical (unpaired) electrons. The van der Waals surface area contributed by atoms with Crippen LogP contribution in [0, 0.1) is 29.6 Å². The third kappa shape index (κ3) is 2.46. The number of rotatable bonds is 3. The first kappa shape index (κ1) is 12.9. The van der Waals surface area contributed by atoms with Gasteiger partial charge in [-0.15, -0.1) is 0 Å². The SMILES string of the molecule is CC(C)(C)NCC(O)C1C2CC3CC(C2)CC1C3. The predicted octanol–water partition coefficient (Wildman–Crippen LogP) is 2.81. The minimum Gasteiger partial charge on any atom is -0.391 e. The largest absolute Gasteiger partial charge is 0.391 e. The number of hydrogen-bond donors (Lipinski definition) is 2. The Balaban J connectivity index is 1.62. The maximum absolute atomic E-state index is 10.6. The molecule has 18 heavy (non-hydrogen) atoms. The highest BCUT2D eigenvalue weighted by molar-refractivity contribution is 5.00. The molecule has 2 N–H and O–H groups in total. The zero-order valence-electron chi connectivity index (χ0n) is 12.2. The number of aliphatic hydroxyl groups is 1. The molecule has 2 heteroatoms. The number of nitrogens with one attached hydrogen (secondary N) is 1. The fraction of sp³-hybridized carbons (Fsp3) is 1.00. The topological polar surface area (TPSA) is 32.3 Å². The van der Waals surface area contributed by atoms with Gasteiger partial charge in [0.25, 0.3) is 0 Å². The summed E-state index contributed by atoms with van der Waals surface area (Å²) in [6.07, 6.45) is 7.00. The molecule has 2 nitrogen and oxygen atoms in total. The van der Waals surface area contributed by atoms with E-state index < -0.39 is 0 Å². The first-order valence-corrected chi connectivity index (χ1v) is 7.85. The lowest BCUT2D eigenvalue weighted by molar-refractivity contribution is -0.0892. The van der Waals surface area contributed by atoms with Crippen LogP contribution < -0.4 is 5.32 Å². The van der Waals surface area contributed by atoms with Crippen LogP contribution in [0.4, 0.5) is 0 Å². The van der Waals surface area contributed by atoms with E-state index in [1.54, 1.807) is 0 Å². The van der Waals surface area contributed by atoms with Crippen molar-refractivity contribution in [2.75, 3.05) is 6.54 Å². The Kier molecular flexibility index (Phi) is 3.22. The standard InChI is InChI=1S/C16H29NO/c1-16(2,3)17-9-14(18)15-12-5-10-4-11(7-12)8-13(15)6-10/h10-15,17-18H,4-9H2,1-3H3. The lowest BCUT2D eigenvalue weighted by Crippen LogP contribution is -2.52. The van der Waals surface area contributed by atoms with Gasteiger partial charge in [0, 0.05) is 12.1 Å². The maximum Gasteiger partial charge on any atom is 0.0698 e. The molecule has 0 amide bonds. The van der Waals surface area contributed by atoms with Gasteiger partial charge in [0.2, 0.25) is 0 Å². The first-order valence-electron chi connectivity index (χ1n) is 7.85. The molecule has 4 fully saturated rings. The van der Waals surface area contributed by atoms with E-state index in [4.69, 9.17) is 0 Å². The monoisotopic (exact) mass is 251 g/mol. The van der Waals surface area contributed by atoms with Gasteiger partial charge in [-0.1, -0.05) is 0 Å². The normalized spacial score (nSPS) is 44.3. The summed E-state index contributed by atoms with van der Waals surface area (Å²) in [7, 11) is 0. The van der Waals surface area contributed by atoms with E-state index in [0.717, 1.165) is 30.2 Å². The zero-order valence-corrected chi connectivity index (χ0v) is 12.2. The molecule has 1 atom stereocenters. The summed E-state index contributed by atoms with van der Waals surface area (Å²) in [5.74, 6) is 4.27. The van der Waals surface area contributed by atoms with Crippen molar-refractivity contribution < 1.29 is 5.11 Å². The first-order chi connectivity index (χ1) is 8.42. The average Bonchev–Trinajstić information content (AvgIpc) is 2.23. The van der Waals surface area contributed by atoms with Crippen molar-refractivity contribution in [3.05, 3.63) is 0 Å². The summed E-state index contributed by atoms with van der Waals surface area (Å²) in [5, 5.41) is 14.1. The molecule has 0 spiro atoms. The van der Waals surface area contributed by atoms with Gasteiger partial charge in [-0.05, 0) is 82.5 Å². The Morgan fingerprint density at radius 1 is 1.00 bits per heavy atom. The number of aliphatic hydroxyl groups excluding tert-OH is 1. The molecule has 1 unspecified atom stereocenters. The Morgan fingerprint density at radius 3 is 1.94 bits per heavy atom. The summed E-state index contributed by atoms with van der Waals surface area (Å²) >= 11 is 0. The van der Waals surface area contributed by atoms with Gasteiger partial charge >= 0.3 is 0 Å². The van der Waals surface area contributed by atoms with Gasteiger partial charge in [0.05, 0.1) is 6.10 Å². The number of hydrogen-bond acceptors (Lipinski definition) is 2. The van der Waals surface area contributed by atoms with Gasteiger partial charge in [-0.25, -0.2) is 0 Å². The van der Waals surface area contributed by atoms with Crippen LogP contribution >= 0.6 is 0 Å². The third-order valence-corrected chi connectivity index (χ3v) is 5.59. The maximum atomic E-state index is 10.6. The molecule has 4 aliphatic rings. The van der Waals surface area contributed by atoms with E-state index in [1.165, 1.54) is 32.1 Å². The molecule has 0 aromatic heterocycles. The molecule has 4 bridgehead atoms. The fourth-order valence-electron chi connectivity index (χ4n) is 5.14. The lowest BCUT2D eigenvalue weighted by atomic mass is 9.51. The highest BCUT2D eigenvalue weighted by atomic mass is 16.3. The molecule has 0 saturated heterocycles. The third-order valence-electron chi connectivity index (χ3n) is 5.59. The summed E-state index contributed by atoms with van der Waals surface area (Å²) in [5.41, 5.74) is 0.118. The van der Waals surface area contributed by atoms with Crippen molar-refractivity contribution >= 4 is 0 Å². The van der Waals surface area contributed by atoms with Gasteiger partial charge in [0.1, 0.15) is 0 Å². The van der Waals surface area contributed by atoms with Crippen molar-refractivity contribution in [3.8, 4) is 0 Å². The quantitative estimate of drug-likeness (QED) is 0.808. The number of β-amino-alcohol motifs (C(OH)–C–C–N with tert-alkyl or cyclic N) is 1. The minimum absolute atomic E-state index is 0.118. The van der Waals surface area contributed by atoms with E-state index in [2.05, 4.69) is 26.1 Å². The highest BCUT2D eigenvalue weighted by Gasteiger charge is 2.50. The van der Waals surface area contributed by atoms with E-state index in [0.29, 0.717) is 5.92 Å². The van der Waals surface area contributed by atoms with Crippen molar-refractivity contribution in [2.45, 2.75) is 64.5 Å². The van der Waals surface area contributed by atoms with E-state index >= 15 is 0 Å². The highest BCUT2D eigenvalue weighted by Crippen LogP contribution is 2.57. The van der Waals surface area contributed by atoms with E-state index in [-0.39, 0.29) is 11.6 Å². The zero-order chi connectivity index (χ0) is 12.9. The van der Waals surface area contributed by atoms with Crippen LogP contribution in [0.15, 0.2) is 0 Å². The average molecular weight is 251 g/mol. The Labute approximate surface area is 112 Å². The second kappa shape index (κ2) is 4.49. The molecule has 104 valence electrons. The van der Waals surface area contributed by atoms with Crippen LogP contribution in [0.2, 0.25) is 0 Å². The molecule has 0 aromatic carbocycles. The summed E-state index contributed by atoms with van der Waals surface area (Å²) in [4.78, 5) is 0. The van der Waals surface area contributed by atoms with Crippen LogP contribution in [-0.2, 0) is 0 Å². The summed E-state index contributed by atoms with van der Waals surface area (Å²) in [6.45, 7) is 7.31. The van der Waals surface area contributed by atoms with Crippen LogP contribution in [-0.4, -0.2) is 23.3 Å². The molecule has 4 aliphatic carbocycles. The molecule has 4 saturated carbocycles. The van der Waals surface area contributed by atoms with Crippen molar-refractivity contribution in [1.82, 2.24) is 5.32 Å². The molecule has 0 aliphatic heterocycles. The van der Waals surface area contributed by atoms with Crippen LogP contribution in [0.1, 0.15) is 52.9 Å². The molecular formula is C16H29NO. The molecule has 4 rings (SSSR count). The van der Waals surface area contributed by atoms with Gasteiger partial charge in [-0.2, -0.15) is 0 Å². The van der Waals surface area contributed by atoms with Crippen molar-refractivity contribution in [2.24, 2.45) is 29.6 Å². The van der Waals surface area contributed by atoms with Crippen LogP contribution in [0.3, 0.4) is 0 Å². The minimum atomic E-state index is -0.126. The Hall–Kier alpha value is -0.0800. The van der Waals surface area contributed by atoms with Gasteiger partial charge in [0.15, 0.2) is 0 Å². The summed E-state index contributed by atoms with van der Waals surface area (Å²) < 4.78 is 0. The lowest BCUT2D eigenvalue weighted by Gasteiger charge is -2.55. The molecular weight excluding hydrogens is 222 g/mol. The smallest absolute Gasteiger partial charge is 0.0698 e.